The molecule has 2 nitrogen and oxygen atoms in total. The van der Waals surface area contributed by atoms with Crippen LogP contribution in [0.25, 0.3) is 0 Å². The van der Waals surface area contributed by atoms with E-state index in [1.807, 2.05) is 0 Å². The van der Waals surface area contributed by atoms with E-state index in [0.29, 0.717) is 23.5 Å². The fourth-order valence-corrected chi connectivity index (χ4v) is 7.91. The van der Waals surface area contributed by atoms with Crippen LogP contribution in [0.2, 0.25) is 0 Å². The van der Waals surface area contributed by atoms with E-state index >= 15 is 0 Å². The summed E-state index contributed by atoms with van der Waals surface area (Å²) < 4.78 is 0. The smallest absolute Gasteiger partial charge is 0.155 e. The zero-order valence-electron chi connectivity index (χ0n) is 18.0. The summed E-state index contributed by atoms with van der Waals surface area (Å²) in [4.78, 5) is 12.2. The SMILES string of the molecule is CCCCC(C)[C@@H]1CC2=CC(=O)CC[C@]2(C)C2CC[C@@]3(C)C(CC[C@@H]3O)C21. The number of carbonyl (C=O) groups is 1. The first-order valence-corrected chi connectivity index (χ1v) is 11.7. The summed E-state index contributed by atoms with van der Waals surface area (Å²) in [6.45, 7) is 9.63. The number of hydrogen-bond donors (Lipinski definition) is 1. The number of fused-ring (bicyclic) bond motifs is 5. The molecule has 4 aliphatic rings. The van der Waals surface area contributed by atoms with Crippen LogP contribution in [0.3, 0.4) is 0 Å². The number of aliphatic hydroxyl groups is 1. The number of ketones is 1. The molecule has 0 saturated heterocycles. The van der Waals surface area contributed by atoms with Gasteiger partial charge in [-0.2, -0.15) is 0 Å². The fraction of sp³-hybridized carbons (Fsp3) is 0.880. The summed E-state index contributed by atoms with van der Waals surface area (Å²) in [7, 11) is 0. The third-order valence-electron chi connectivity index (χ3n) is 9.75. The van der Waals surface area contributed by atoms with Crippen molar-refractivity contribution in [1.82, 2.24) is 0 Å². The first kappa shape index (κ1) is 19.7. The van der Waals surface area contributed by atoms with Gasteiger partial charge in [0, 0.05) is 6.42 Å². The lowest BCUT2D eigenvalue weighted by atomic mass is 9.43. The Hall–Kier alpha value is -0.630. The average Bonchev–Trinajstić information content (AvgIpc) is 2.95. The molecular formula is C25H40O2. The van der Waals surface area contributed by atoms with E-state index in [0.717, 1.165) is 37.5 Å². The predicted octanol–water partition coefficient (Wildman–Crippen LogP) is 5.93. The fourth-order valence-electron chi connectivity index (χ4n) is 7.91. The monoisotopic (exact) mass is 372 g/mol. The lowest BCUT2D eigenvalue weighted by Crippen LogP contribution is -2.55. The van der Waals surface area contributed by atoms with Gasteiger partial charge in [-0.15, -0.1) is 0 Å². The van der Waals surface area contributed by atoms with Crippen molar-refractivity contribution in [3.8, 4) is 0 Å². The van der Waals surface area contributed by atoms with Crippen molar-refractivity contribution >= 4 is 5.78 Å². The Morgan fingerprint density at radius 1 is 1.19 bits per heavy atom. The van der Waals surface area contributed by atoms with Gasteiger partial charge in [-0.05, 0) is 85.0 Å². The molecule has 0 bridgehead atoms. The minimum Gasteiger partial charge on any atom is -0.393 e. The van der Waals surface area contributed by atoms with Gasteiger partial charge < -0.3 is 5.11 Å². The highest BCUT2D eigenvalue weighted by Gasteiger charge is 2.61. The highest BCUT2D eigenvalue weighted by Crippen LogP contribution is 2.67. The molecular weight excluding hydrogens is 332 g/mol. The largest absolute Gasteiger partial charge is 0.393 e. The van der Waals surface area contributed by atoms with E-state index in [9.17, 15) is 9.90 Å². The second-order valence-corrected chi connectivity index (χ2v) is 11.0. The van der Waals surface area contributed by atoms with Crippen molar-refractivity contribution in [3.63, 3.8) is 0 Å². The molecule has 4 rings (SSSR count). The van der Waals surface area contributed by atoms with Crippen LogP contribution in [0.4, 0.5) is 0 Å². The molecule has 2 heteroatoms. The average molecular weight is 373 g/mol. The van der Waals surface area contributed by atoms with Crippen molar-refractivity contribution in [2.45, 2.75) is 98.0 Å². The summed E-state index contributed by atoms with van der Waals surface area (Å²) in [5, 5.41) is 10.8. The lowest BCUT2D eigenvalue weighted by Gasteiger charge is -2.61. The van der Waals surface area contributed by atoms with Crippen molar-refractivity contribution in [1.29, 1.82) is 0 Å². The number of hydrogen-bond acceptors (Lipinski definition) is 2. The van der Waals surface area contributed by atoms with Gasteiger partial charge in [0.05, 0.1) is 6.10 Å². The van der Waals surface area contributed by atoms with E-state index in [4.69, 9.17) is 0 Å². The van der Waals surface area contributed by atoms with E-state index in [-0.39, 0.29) is 16.9 Å². The maximum Gasteiger partial charge on any atom is 0.155 e. The molecule has 152 valence electrons. The molecule has 0 heterocycles. The van der Waals surface area contributed by atoms with Gasteiger partial charge in [-0.3, -0.25) is 4.79 Å². The normalized spacial score (nSPS) is 47.7. The lowest BCUT2D eigenvalue weighted by molar-refractivity contribution is -0.122. The Morgan fingerprint density at radius 2 is 1.96 bits per heavy atom. The second kappa shape index (κ2) is 7.01. The third kappa shape index (κ3) is 2.96. The van der Waals surface area contributed by atoms with Crippen LogP contribution >= 0.6 is 0 Å². The van der Waals surface area contributed by atoms with Crippen molar-refractivity contribution in [2.24, 2.45) is 40.4 Å². The quantitative estimate of drug-likeness (QED) is 0.664. The second-order valence-electron chi connectivity index (χ2n) is 11.0. The van der Waals surface area contributed by atoms with E-state index < -0.39 is 0 Å². The molecule has 27 heavy (non-hydrogen) atoms. The number of unbranched alkanes of at least 4 members (excludes halogenated alkanes) is 1. The Labute approximate surface area is 166 Å². The Kier molecular flexibility index (Phi) is 5.11. The molecule has 0 amide bonds. The summed E-state index contributed by atoms with van der Waals surface area (Å²) >= 11 is 0. The molecule has 0 radical (unpaired) electrons. The summed E-state index contributed by atoms with van der Waals surface area (Å²) in [6.07, 6.45) is 13.4. The van der Waals surface area contributed by atoms with Gasteiger partial charge in [-0.25, -0.2) is 0 Å². The molecule has 0 aromatic heterocycles. The van der Waals surface area contributed by atoms with Gasteiger partial charge in [0.1, 0.15) is 0 Å². The van der Waals surface area contributed by atoms with E-state index in [1.54, 1.807) is 0 Å². The number of rotatable bonds is 4. The third-order valence-corrected chi connectivity index (χ3v) is 9.75. The predicted molar refractivity (Wildman–Crippen MR) is 110 cm³/mol. The van der Waals surface area contributed by atoms with Crippen LogP contribution in [-0.4, -0.2) is 17.0 Å². The molecule has 1 N–H and O–H groups in total. The van der Waals surface area contributed by atoms with Gasteiger partial charge in [0.15, 0.2) is 5.78 Å². The maximum absolute atomic E-state index is 12.2. The maximum atomic E-state index is 12.2. The van der Waals surface area contributed by atoms with Crippen LogP contribution in [0.1, 0.15) is 91.9 Å². The Balaban J connectivity index is 1.73. The summed E-state index contributed by atoms with van der Waals surface area (Å²) in [5.41, 5.74) is 1.84. The minimum absolute atomic E-state index is 0.104. The van der Waals surface area contributed by atoms with Crippen molar-refractivity contribution < 1.29 is 9.90 Å². The summed E-state index contributed by atoms with van der Waals surface area (Å²) in [6, 6.07) is 0. The molecule has 3 saturated carbocycles. The van der Waals surface area contributed by atoms with Gasteiger partial charge in [-0.1, -0.05) is 52.5 Å². The molecule has 8 atom stereocenters. The molecule has 0 aromatic carbocycles. The molecule has 4 unspecified atom stereocenters. The molecule has 4 aliphatic carbocycles. The topological polar surface area (TPSA) is 37.3 Å². The summed E-state index contributed by atoms with van der Waals surface area (Å²) in [5.74, 6) is 3.90. The standard InChI is InChI=1S/C25H40O2/c1-5-6-7-16(2)19-15-17-14-18(26)10-12-24(17,3)21-11-13-25(4)20(23(19)21)8-9-22(25)27/h14,16,19-23,27H,5-13,15H2,1-4H3/t16?,19-,20?,21?,22-,23?,24-,25-/m0/s1. The Morgan fingerprint density at radius 3 is 2.70 bits per heavy atom. The van der Waals surface area contributed by atoms with Gasteiger partial charge >= 0.3 is 0 Å². The van der Waals surface area contributed by atoms with E-state index in [2.05, 4.69) is 33.8 Å². The number of carbonyl (C=O) groups excluding carboxylic acids is 1. The van der Waals surface area contributed by atoms with Crippen LogP contribution < -0.4 is 0 Å². The molecule has 0 aliphatic heterocycles. The molecule has 0 aromatic rings. The number of allylic oxidation sites excluding steroid dienone is 1. The van der Waals surface area contributed by atoms with Crippen LogP contribution in [0.15, 0.2) is 11.6 Å². The first-order valence-electron chi connectivity index (χ1n) is 11.7. The Bertz CT molecular complexity index is 622. The van der Waals surface area contributed by atoms with E-state index in [1.165, 1.54) is 44.1 Å². The highest BCUT2D eigenvalue weighted by atomic mass is 16.3. The van der Waals surface area contributed by atoms with Crippen LogP contribution in [0, 0.1) is 40.4 Å². The van der Waals surface area contributed by atoms with Crippen LogP contribution in [0.5, 0.6) is 0 Å². The first-order chi connectivity index (χ1) is 12.8. The van der Waals surface area contributed by atoms with Crippen molar-refractivity contribution in [3.05, 3.63) is 11.6 Å². The minimum atomic E-state index is -0.104. The zero-order chi connectivity index (χ0) is 19.4. The molecule has 3 fully saturated rings. The van der Waals surface area contributed by atoms with Gasteiger partial charge in [0.2, 0.25) is 0 Å². The van der Waals surface area contributed by atoms with Gasteiger partial charge in [0.25, 0.3) is 0 Å². The highest BCUT2D eigenvalue weighted by molar-refractivity contribution is 5.91. The van der Waals surface area contributed by atoms with Crippen molar-refractivity contribution in [2.75, 3.05) is 0 Å². The van der Waals surface area contributed by atoms with Crippen LogP contribution in [-0.2, 0) is 4.79 Å². The number of aliphatic hydroxyl groups excluding tert-OH is 1. The molecule has 0 spiro atoms. The zero-order valence-corrected chi connectivity index (χ0v) is 18.0.